The van der Waals surface area contributed by atoms with Crippen molar-refractivity contribution < 1.29 is 51.5 Å². The number of rotatable bonds is 15. The Labute approximate surface area is 418 Å². The van der Waals surface area contributed by atoms with Gasteiger partial charge in [-0.15, -0.1) is 0 Å². The van der Waals surface area contributed by atoms with Gasteiger partial charge in [0.15, 0.2) is 9.84 Å². The van der Waals surface area contributed by atoms with Crippen molar-refractivity contribution in [2.24, 2.45) is 24.6 Å². The zero-order valence-electron chi connectivity index (χ0n) is 41.6. The van der Waals surface area contributed by atoms with Crippen LogP contribution < -0.4 is 32.7 Å². The number of fused-ring (bicyclic) bond motifs is 2. The van der Waals surface area contributed by atoms with Gasteiger partial charge >= 0.3 is 11.8 Å². The van der Waals surface area contributed by atoms with E-state index in [9.17, 15) is 51.6 Å². The quantitative estimate of drug-likeness (QED) is 0.137. The number of carbonyl (C=O) groups excluding carboxylic acids is 8. The number of nitrogens with one attached hydrogen (secondary N) is 4. The van der Waals surface area contributed by atoms with Gasteiger partial charge in [-0.3, -0.25) is 48.0 Å². The topological polar surface area (TPSA) is 287 Å². The number of piperidine rings is 1. The maximum absolute atomic E-state index is 14.6. The van der Waals surface area contributed by atoms with E-state index in [0.29, 0.717) is 35.4 Å². The first-order valence-electron chi connectivity index (χ1n) is 24.7. The molecule has 3 aromatic rings. The number of aryl methyl sites for hydroxylation is 1. The Balaban J connectivity index is 0.981. The van der Waals surface area contributed by atoms with Crippen molar-refractivity contribution in [2.45, 2.75) is 151 Å². The summed E-state index contributed by atoms with van der Waals surface area (Å²) in [6, 6.07) is 6.99. The molecule has 390 valence electrons. The number of imide groups is 1. The number of nitrogens with zero attached hydrogens (tertiary/aromatic N) is 4. The van der Waals surface area contributed by atoms with Crippen LogP contribution in [-0.2, 0) is 68.1 Å². The minimum atomic E-state index is -3.43. The number of carbonyl (C=O) groups is 8. The van der Waals surface area contributed by atoms with Crippen LogP contribution in [0.15, 0.2) is 52.2 Å². The predicted molar refractivity (Wildman–Crippen MR) is 262 cm³/mol. The second-order valence-electron chi connectivity index (χ2n) is 20.8. The molecule has 72 heavy (non-hydrogen) atoms. The van der Waals surface area contributed by atoms with Gasteiger partial charge in [0, 0.05) is 51.7 Å². The molecule has 0 bridgehead atoms. The van der Waals surface area contributed by atoms with Crippen LogP contribution in [0.3, 0.4) is 0 Å². The van der Waals surface area contributed by atoms with Gasteiger partial charge in [0.25, 0.3) is 0 Å². The molecule has 1 aliphatic carbocycles. The van der Waals surface area contributed by atoms with Gasteiger partial charge in [-0.05, 0) is 132 Å². The highest BCUT2D eigenvalue weighted by Gasteiger charge is 2.46. The van der Waals surface area contributed by atoms with Gasteiger partial charge in [0.2, 0.25) is 41.4 Å². The molecule has 6 N–H and O–H groups in total. The molecule has 21 nitrogen and oxygen atoms in total. The molecule has 7 rings (SSSR count). The molecule has 4 heterocycles. The third kappa shape index (κ3) is 12.9. The number of nitrogens with two attached hydrogens (primary N) is 1. The Kier molecular flexibility index (Phi) is 16.3. The van der Waals surface area contributed by atoms with E-state index in [1.807, 2.05) is 18.2 Å². The zero-order chi connectivity index (χ0) is 52.2. The molecule has 0 spiro atoms. The van der Waals surface area contributed by atoms with Gasteiger partial charge in [-0.2, -0.15) is 0 Å². The number of alkyl carbamates (subject to hydrolysis) is 1. The lowest BCUT2D eigenvalue weighted by Gasteiger charge is -2.39. The molecule has 1 unspecified atom stereocenters. The lowest BCUT2D eigenvalue weighted by molar-refractivity contribution is -0.146. The van der Waals surface area contributed by atoms with E-state index in [-0.39, 0.29) is 86.5 Å². The van der Waals surface area contributed by atoms with Crippen LogP contribution in [0, 0.1) is 11.8 Å². The van der Waals surface area contributed by atoms with Crippen LogP contribution in [0.25, 0.3) is 11.0 Å². The molecular weight excluding hydrogens is 951 g/mol. The van der Waals surface area contributed by atoms with E-state index < -0.39 is 81.3 Å². The number of sulfone groups is 1. The molecule has 3 aliphatic heterocycles. The highest BCUT2D eigenvalue weighted by atomic mass is 32.2. The van der Waals surface area contributed by atoms with Crippen molar-refractivity contribution in [3.05, 3.63) is 64.1 Å². The summed E-state index contributed by atoms with van der Waals surface area (Å²) in [4.78, 5) is 122. The van der Waals surface area contributed by atoms with Crippen LogP contribution in [0.1, 0.15) is 115 Å². The first kappa shape index (κ1) is 53.2. The van der Waals surface area contributed by atoms with E-state index in [4.69, 9.17) is 10.5 Å². The largest absolute Gasteiger partial charge is 0.444 e. The number of hydrogen-bond acceptors (Lipinski definition) is 12. The van der Waals surface area contributed by atoms with Gasteiger partial charge in [-0.1, -0.05) is 18.2 Å². The van der Waals surface area contributed by atoms with Crippen LogP contribution >= 0.6 is 0 Å². The Hall–Kier alpha value is -6.58. The number of imidazole rings is 1. The second kappa shape index (κ2) is 22.0. The average molecular weight is 1020 g/mol. The third-order valence-corrected chi connectivity index (χ3v) is 15.4. The lowest BCUT2D eigenvalue weighted by atomic mass is 9.78. The van der Waals surface area contributed by atoms with E-state index in [0.717, 1.165) is 43.9 Å². The zero-order valence-corrected chi connectivity index (χ0v) is 42.4. The van der Waals surface area contributed by atoms with Crippen molar-refractivity contribution in [1.29, 1.82) is 0 Å². The number of aromatic nitrogens is 2. The summed E-state index contributed by atoms with van der Waals surface area (Å²) >= 11 is 0. The van der Waals surface area contributed by atoms with E-state index in [2.05, 4.69) is 21.3 Å². The molecule has 0 radical (unpaired) electrons. The first-order chi connectivity index (χ1) is 33.9. The molecule has 8 amide bonds. The highest BCUT2D eigenvalue weighted by molar-refractivity contribution is 7.90. The summed E-state index contributed by atoms with van der Waals surface area (Å²) < 4.78 is 32.3. The number of ether oxygens (including phenoxy) is 1. The predicted octanol–water partition coefficient (Wildman–Crippen LogP) is 2.01. The van der Waals surface area contributed by atoms with Gasteiger partial charge in [0.1, 0.15) is 29.8 Å². The van der Waals surface area contributed by atoms with Crippen LogP contribution in [0.4, 0.5) is 4.79 Å². The maximum atomic E-state index is 14.6. The van der Waals surface area contributed by atoms with Crippen LogP contribution in [-0.4, -0.2) is 124 Å². The maximum Gasteiger partial charge on any atom is 0.408 e. The lowest BCUT2D eigenvalue weighted by Crippen LogP contribution is -2.62. The number of primary amides is 1. The van der Waals surface area contributed by atoms with Crippen LogP contribution in [0.5, 0.6) is 0 Å². The summed E-state index contributed by atoms with van der Waals surface area (Å²) in [7, 11) is -1.76. The molecule has 3 saturated heterocycles. The Bertz CT molecular complexity index is 2770. The number of hydrogen-bond donors (Lipinski definition) is 5. The smallest absolute Gasteiger partial charge is 0.408 e. The highest BCUT2D eigenvalue weighted by Crippen LogP contribution is 2.35. The molecule has 4 aliphatic rings. The molecule has 2 aromatic carbocycles. The third-order valence-electron chi connectivity index (χ3n) is 14.3. The Morgan fingerprint density at radius 2 is 1.56 bits per heavy atom. The van der Waals surface area contributed by atoms with E-state index >= 15 is 0 Å². The first-order valence-corrected chi connectivity index (χ1v) is 26.6. The molecule has 22 heteroatoms. The van der Waals surface area contributed by atoms with Crippen LogP contribution in [0.2, 0.25) is 0 Å². The molecule has 4 fully saturated rings. The summed E-state index contributed by atoms with van der Waals surface area (Å²) in [6.45, 7) is 5.13. The Morgan fingerprint density at radius 3 is 2.21 bits per heavy atom. The molecular formula is C50H67N9O12S. The number of amides is 8. The van der Waals surface area contributed by atoms with Crippen molar-refractivity contribution in [3.63, 3.8) is 0 Å². The molecule has 1 saturated carbocycles. The fraction of sp³-hybridized carbons (Fsp3) is 0.580. The minimum Gasteiger partial charge on any atom is -0.444 e. The van der Waals surface area contributed by atoms with E-state index in [1.165, 1.54) is 26.2 Å². The molecule has 5 atom stereocenters. The van der Waals surface area contributed by atoms with Gasteiger partial charge < -0.3 is 36.2 Å². The summed E-state index contributed by atoms with van der Waals surface area (Å²) in [5.41, 5.74) is 7.16. The monoisotopic (exact) mass is 1020 g/mol. The van der Waals surface area contributed by atoms with Gasteiger partial charge in [0.05, 0.1) is 22.5 Å². The second-order valence-corrected chi connectivity index (χ2v) is 22.8. The summed E-state index contributed by atoms with van der Waals surface area (Å²) in [5.74, 6) is -3.08. The Morgan fingerprint density at radius 1 is 0.875 bits per heavy atom. The average Bonchev–Trinajstić information content (AvgIpc) is 3.84. The minimum absolute atomic E-state index is 0.00756. The van der Waals surface area contributed by atoms with Crippen molar-refractivity contribution in [2.75, 3.05) is 19.3 Å². The van der Waals surface area contributed by atoms with Crippen molar-refractivity contribution in [3.8, 4) is 0 Å². The summed E-state index contributed by atoms with van der Waals surface area (Å²) in [6.07, 6.45) is 5.66. The normalized spacial score (nSPS) is 23.3. The fourth-order valence-corrected chi connectivity index (χ4v) is 11.2. The number of benzene rings is 2. The van der Waals surface area contributed by atoms with Gasteiger partial charge in [-0.25, -0.2) is 18.0 Å². The van der Waals surface area contributed by atoms with E-state index in [1.54, 1.807) is 44.9 Å². The molecule has 1 aromatic heterocycles. The summed E-state index contributed by atoms with van der Waals surface area (Å²) in [5, 5.41) is 10.5. The SMILES string of the molecule is Cn1c(=O)n(C2CCC(=O)NC2=O)c2ccc(CC3CCC(CC(=O)N4CC[C@H]5CC[C@@H](C(=O)N[C@@H](CCC(N)=O)C(=O)NCc6ccc(S(C)(=O)=O)cc6)N5C(=O)[C@@H](NC(=O)OC(C)(C)C)C4)CC3)cc21. The standard InChI is InChI=1S/C50H67N9O12S/c1-50(2,3)71-48(67)54-36-28-57(43(62)26-30-8-6-29(7-9-30)24-32-12-17-37-40(25-32)56(4)49(68)59(37)39-19-21-42(61)55-46(39)65)23-22-33-13-18-38(58(33)47(36)66)45(64)53-35(16-20-41(51)60)44(63)52-27-31-10-14-34(15-11-31)72(5,69)70/h10-12,14-15,17,25,29-30,33,35-36,38-39H,6-9,13,16,18-24,26-28H2,1-5H3,(H2,51,60)(H,52,63)(H,53,64)(H,54,67)(H,55,61,65)/t29?,30?,33-,35+,36+,38+,39?/m1/s1. The van der Waals surface area contributed by atoms with Crippen molar-refractivity contribution >= 4 is 68.3 Å². The van der Waals surface area contributed by atoms with Crippen molar-refractivity contribution in [1.82, 2.24) is 40.2 Å². The fourth-order valence-electron chi connectivity index (χ4n) is 10.5.